The number of hydrogen-bond acceptors (Lipinski definition) is 4. The number of rotatable bonds is 10. The van der Waals surface area contributed by atoms with Crippen molar-refractivity contribution in [3.05, 3.63) is 29.8 Å². The molecule has 0 saturated heterocycles. The highest BCUT2D eigenvalue weighted by Crippen LogP contribution is 2.68. The Bertz CT molecular complexity index is 1140. The molecule has 4 fully saturated rings. The van der Waals surface area contributed by atoms with Gasteiger partial charge in [-0.25, -0.2) is 4.79 Å². The first-order valence-corrected chi connectivity index (χ1v) is 17.8. The van der Waals surface area contributed by atoms with E-state index in [0.29, 0.717) is 22.5 Å². The van der Waals surface area contributed by atoms with Gasteiger partial charge in [0.25, 0.3) is 0 Å². The van der Waals surface area contributed by atoms with Crippen LogP contribution in [0.2, 0.25) is 0 Å². The van der Waals surface area contributed by atoms with Gasteiger partial charge >= 0.3 is 5.97 Å². The molecule has 5 rings (SSSR count). The minimum Gasteiger partial charge on any atom is -0.504 e. The smallest absolute Gasteiger partial charge is 0.331 e. The number of carbonyl (C=O) groups is 1. The molecule has 4 heteroatoms. The summed E-state index contributed by atoms with van der Waals surface area (Å²) in [5, 5.41) is 9.83. The van der Waals surface area contributed by atoms with E-state index in [1.54, 1.807) is 24.3 Å². The van der Waals surface area contributed by atoms with E-state index in [0.717, 1.165) is 59.8 Å². The molecule has 1 N–H and O–H groups in total. The zero-order valence-corrected chi connectivity index (χ0v) is 28.2. The summed E-state index contributed by atoms with van der Waals surface area (Å²) in [6.07, 6.45) is 19.0. The molecule has 240 valence electrons. The van der Waals surface area contributed by atoms with E-state index in [1.165, 1.54) is 77.4 Å². The quantitative estimate of drug-likeness (QED) is 0.217. The highest BCUT2D eigenvalue weighted by Gasteiger charge is 2.60. The molecule has 0 aliphatic heterocycles. The minimum absolute atomic E-state index is 0.0180. The number of hydrogen-bond donors (Lipinski definition) is 1. The van der Waals surface area contributed by atoms with Crippen LogP contribution in [0.15, 0.2) is 24.3 Å². The van der Waals surface area contributed by atoms with Gasteiger partial charge in [0.1, 0.15) is 6.10 Å². The molecule has 0 radical (unpaired) electrons. The third-order valence-electron chi connectivity index (χ3n) is 13.7. The van der Waals surface area contributed by atoms with Crippen molar-refractivity contribution in [2.45, 2.75) is 125 Å². The number of carbonyl (C=O) groups excluding carboxylic acids is 1. The van der Waals surface area contributed by atoms with Crippen LogP contribution in [0.4, 0.5) is 0 Å². The van der Waals surface area contributed by atoms with Crippen LogP contribution in [0.1, 0.15) is 124 Å². The maximum absolute atomic E-state index is 12.8. The first kappa shape index (κ1) is 32.4. The van der Waals surface area contributed by atoms with Gasteiger partial charge in [0, 0.05) is 6.08 Å². The highest BCUT2D eigenvalue weighted by atomic mass is 16.5. The molecular weight excluding hydrogens is 532 g/mol. The summed E-state index contributed by atoms with van der Waals surface area (Å²) in [5.41, 5.74) is 1.72. The lowest BCUT2D eigenvalue weighted by molar-refractivity contribution is -0.157. The summed E-state index contributed by atoms with van der Waals surface area (Å²) >= 11 is 0. The van der Waals surface area contributed by atoms with Crippen molar-refractivity contribution < 1.29 is 19.4 Å². The van der Waals surface area contributed by atoms with Crippen LogP contribution in [0.25, 0.3) is 6.08 Å². The average molecular weight is 593 g/mol. The molecule has 4 saturated carbocycles. The molecular formula is C39H60O4. The Hall–Kier alpha value is -1.97. The van der Waals surface area contributed by atoms with Crippen LogP contribution in [-0.4, -0.2) is 24.3 Å². The van der Waals surface area contributed by atoms with E-state index >= 15 is 0 Å². The molecule has 1 aromatic carbocycles. The average Bonchev–Trinajstić information content (AvgIpc) is 3.34. The third kappa shape index (κ3) is 6.41. The van der Waals surface area contributed by atoms with Crippen LogP contribution >= 0.6 is 0 Å². The number of phenolic OH excluding ortho intramolecular Hbond substituents is 1. The first-order valence-electron chi connectivity index (χ1n) is 17.8. The Morgan fingerprint density at radius 1 is 1.00 bits per heavy atom. The van der Waals surface area contributed by atoms with E-state index in [-0.39, 0.29) is 17.8 Å². The lowest BCUT2D eigenvalue weighted by Crippen LogP contribution is -2.54. The second-order valence-electron chi connectivity index (χ2n) is 16.0. The number of fused-ring (bicyclic) bond motifs is 5. The summed E-state index contributed by atoms with van der Waals surface area (Å²) in [4.78, 5) is 12.8. The predicted molar refractivity (Wildman–Crippen MR) is 176 cm³/mol. The number of benzene rings is 1. The van der Waals surface area contributed by atoms with Gasteiger partial charge in [-0.2, -0.15) is 0 Å². The number of phenols is 1. The lowest BCUT2D eigenvalue weighted by Gasteiger charge is -2.61. The summed E-state index contributed by atoms with van der Waals surface area (Å²) in [7, 11) is 1.52. The van der Waals surface area contributed by atoms with Crippen molar-refractivity contribution in [2.24, 2.45) is 58.2 Å². The van der Waals surface area contributed by atoms with Gasteiger partial charge in [0.05, 0.1) is 7.11 Å². The molecule has 0 heterocycles. The van der Waals surface area contributed by atoms with Gasteiger partial charge in [0.2, 0.25) is 0 Å². The Labute approximate surface area is 262 Å². The number of aromatic hydroxyl groups is 1. The normalized spacial score (nSPS) is 36.9. The fourth-order valence-electron chi connectivity index (χ4n) is 11.2. The van der Waals surface area contributed by atoms with Crippen molar-refractivity contribution in [3.8, 4) is 11.5 Å². The van der Waals surface area contributed by atoms with Crippen LogP contribution in [0.3, 0.4) is 0 Å². The van der Waals surface area contributed by atoms with E-state index in [4.69, 9.17) is 9.47 Å². The second kappa shape index (κ2) is 13.2. The number of esters is 1. The molecule has 1 aromatic rings. The van der Waals surface area contributed by atoms with Crippen molar-refractivity contribution in [1.29, 1.82) is 0 Å². The Morgan fingerprint density at radius 2 is 1.74 bits per heavy atom. The molecule has 4 aliphatic rings. The summed E-state index contributed by atoms with van der Waals surface area (Å²) < 4.78 is 11.2. The maximum atomic E-state index is 12.8. The predicted octanol–water partition coefficient (Wildman–Crippen LogP) is 10.1. The van der Waals surface area contributed by atoms with Crippen LogP contribution in [0, 0.1) is 58.2 Å². The molecule has 6 unspecified atom stereocenters. The Morgan fingerprint density at radius 3 is 2.47 bits per heavy atom. The SMILES string of the molecule is CCC(CCC(C)[C@H]1CCC2C3CCC4C[C@@H](OC(=O)/C=C/c5ccc(O)c(OC)c5)CC[C@]4(C)C3CC[C@@]21C)C(C)C. The van der Waals surface area contributed by atoms with Crippen molar-refractivity contribution in [2.75, 3.05) is 7.11 Å². The summed E-state index contributed by atoms with van der Waals surface area (Å²) in [6.45, 7) is 15.1. The second-order valence-corrected chi connectivity index (χ2v) is 16.0. The van der Waals surface area contributed by atoms with Gasteiger partial charge in [-0.15, -0.1) is 0 Å². The third-order valence-corrected chi connectivity index (χ3v) is 13.7. The van der Waals surface area contributed by atoms with Crippen molar-refractivity contribution >= 4 is 12.0 Å². The molecule has 43 heavy (non-hydrogen) atoms. The van der Waals surface area contributed by atoms with E-state index in [2.05, 4.69) is 41.5 Å². The van der Waals surface area contributed by atoms with E-state index in [9.17, 15) is 9.90 Å². The molecule has 0 amide bonds. The molecule has 0 bridgehead atoms. The zero-order valence-electron chi connectivity index (χ0n) is 28.2. The Kier molecular flexibility index (Phi) is 9.94. The maximum Gasteiger partial charge on any atom is 0.331 e. The first-order chi connectivity index (χ1) is 20.5. The highest BCUT2D eigenvalue weighted by molar-refractivity contribution is 5.87. The summed E-state index contributed by atoms with van der Waals surface area (Å²) in [6, 6.07) is 5.07. The van der Waals surface area contributed by atoms with Gasteiger partial charge < -0.3 is 14.6 Å². The van der Waals surface area contributed by atoms with E-state index in [1.807, 2.05) is 0 Å². The van der Waals surface area contributed by atoms with Gasteiger partial charge in [-0.3, -0.25) is 0 Å². The Balaban J connectivity index is 1.17. The largest absolute Gasteiger partial charge is 0.504 e. The molecule has 4 nitrogen and oxygen atoms in total. The number of methoxy groups -OCH3 is 1. The molecule has 0 aromatic heterocycles. The molecule has 4 aliphatic carbocycles. The zero-order chi connectivity index (χ0) is 30.9. The van der Waals surface area contributed by atoms with Crippen LogP contribution in [-0.2, 0) is 9.53 Å². The van der Waals surface area contributed by atoms with Crippen LogP contribution in [0.5, 0.6) is 11.5 Å². The summed E-state index contributed by atoms with van der Waals surface area (Å²) in [5.74, 6) is 6.95. The van der Waals surface area contributed by atoms with Gasteiger partial charge in [0.15, 0.2) is 11.5 Å². The monoisotopic (exact) mass is 592 g/mol. The fraction of sp³-hybridized carbons (Fsp3) is 0.769. The lowest BCUT2D eigenvalue weighted by atomic mass is 9.44. The standard InChI is InChI=1S/C39H60O4/c1-8-28(25(2)3)12-9-26(4)32-15-16-33-31-14-13-29-24-30(19-21-38(29,5)34(31)20-22-39(32,33)6)43-37(41)18-11-27-10-17-35(40)36(23-27)42-7/h10-11,17-18,23,25-26,28-34,40H,8-9,12-16,19-22,24H2,1-7H3/b18-11+/t26?,28?,29?,30-,31?,32+,33?,34?,38-,39+/m0/s1. The van der Waals surface area contributed by atoms with Crippen molar-refractivity contribution in [3.63, 3.8) is 0 Å². The molecule has 10 atom stereocenters. The van der Waals surface area contributed by atoms with E-state index < -0.39 is 0 Å². The molecule has 0 spiro atoms. The number of ether oxygens (including phenoxy) is 2. The van der Waals surface area contributed by atoms with Gasteiger partial charge in [-0.05, 0) is 146 Å². The van der Waals surface area contributed by atoms with Crippen molar-refractivity contribution in [1.82, 2.24) is 0 Å². The minimum atomic E-state index is -0.271. The van der Waals surface area contributed by atoms with Crippen LogP contribution < -0.4 is 4.74 Å². The van der Waals surface area contributed by atoms with Gasteiger partial charge in [-0.1, -0.05) is 60.5 Å². The topological polar surface area (TPSA) is 55.8 Å². The fourth-order valence-corrected chi connectivity index (χ4v) is 11.2.